The number of hydrogen-bond donors (Lipinski definition) is 1. The summed E-state index contributed by atoms with van der Waals surface area (Å²) in [5, 5.41) is 8.67. The van der Waals surface area contributed by atoms with Crippen LogP contribution >= 0.6 is 11.6 Å². The van der Waals surface area contributed by atoms with Gasteiger partial charge in [0.25, 0.3) is 0 Å². The average Bonchev–Trinajstić information content (AvgIpc) is 2.13. The molecule has 1 atom stereocenters. The van der Waals surface area contributed by atoms with Gasteiger partial charge in [-0.05, 0) is 6.07 Å². The molecule has 1 unspecified atom stereocenters. The van der Waals surface area contributed by atoms with Gasteiger partial charge in [0.05, 0.1) is 5.02 Å². The van der Waals surface area contributed by atoms with E-state index in [1.54, 1.807) is 0 Å². The predicted octanol–water partition coefficient (Wildman–Crippen LogP) is 2.83. The molecule has 1 rings (SSSR count). The van der Waals surface area contributed by atoms with Crippen molar-refractivity contribution in [2.75, 3.05) is 0 Å². The zero-order valence-electron chi connectivity index (χ0n) is 7.21. The van der Waals surface area contributed by atoms with Gasteiger partial charge in [0, 0.05) is 5.56 Å². The van der Waals surface area contributed by atoms with E-state index in [1.807, 2.05) is 0 Å². The van der Waals surface area contributed by atoms with Crippen LogP contribution in [0, 0.1) is 5.82 Å². The fourth-order valence-corrected chi connectivity index (χ4v) is 1.30. The summed E-state index contributed by atoms with van der Waals surface area (Å²) in [6, 6.07) is 4.24. The number of carboxylic acids is 1. The molecule has 0 saturated carbocycles. The van der Waals surface area contributed by atoms with E-state index in [4.69, 9.17) is 16.7 Å². The SMILES string of the molecule is C=CC(C(=O)O)c1cccc(Cl)c1F. The number of hydrogen-bond acceptors (Lipinski definition) is 1. The van der Waals surface area contributed by atoms with Gasteiger partial charge in [-0.2, -0.15) is 0 Å². The summed E-state index contributed by atoms with van der Waals surface area (Å²) in [5.74, 6) is -2.92. The van der Waals surface area contributed by atoms with E-state index in [2.05, 4.69) is 6.58 Å². The molecule has 1 aromatic carbocycles. The molecule has 4 heteroatoms. The molecule has 0 fully saturated rings. The van der Waals surface area contributed by atoms with Crippen LogP contribution in [0.2, 0.25) is 5.02 Å². The minimum absolute atomic E-state index is 0.0278. The highest BCUT2D eigenvalue weighted by Gasteiger charge is 2.20. The second-order valence-corrected chi connectivity index (χ2v) is 3.10. The first-order valence-electron chi connectivity index (χ1n) is 3.87. The van der Waals surface area contributed by atoms with Crippen LogP contribution in [0.15, 0.2) is 30.9 Å². The van der Waals surface area contributed by atoms with Crippen LogP contribution in [-0.2, 0) is 4.79 Å². The van der Waals surface area contributed by atoms with Crippen molar-refractivity contribution in [3.8, 4) is 0 Å². The number of rotatable bonds is 3. The van der Waals surface area contributed by atoms with Gasteiger partial charge in [0.1, 0.15) is 11.7 Å². The standard InChI is InChI=1S/C10H8ClFO2/c1-2-6(10(13)14)7-4-3-5-8(11)9(7)12/h2-6H,1H2,(H,13,14). The Morgan fingerprint density at radius 3 is 2.79 bits per heavy atom. The molecule has 0 saturated heterocycles. The second kappa shape index (κ2) is 4.24. The highest BCUT2D eigenvalue weighted by molar-refractivity contribution is 6.30. The minimum atomic E-state index is -1.15. The third kappa shape index (κ3) is 1.93. The van der Waals surface area contributed by atoms with Gasteiger partial charge >= 0.3 is 5.97 Å². The molecule has 2 nitrogen and oxygen atoms in total. The largest absolute Gasteiger partial charge is 0.481 e. The van der Waals surface area contributed by atoms with Crippen LogP contribution in [-0.4, -0.2) is 11.1 Å². The molecule has 1 N–H and O–H groups in total. The van der Waals surface area contributed by atoms with Crippen LogP contribution in [0.5, 0.6) is 0 Å². The number of halogens is 2. The van der Waals surface area contributed by atoms with E-state index in [0.29, 0.717) is 0 Å². The van der Waals surface area contributed by atoms with Crippen molar-refractivity contribution in [1.82, 2.24) is 0 Å². The molecule has 74 valence electrons. The third-order valence-electron chi connectivity index (χ3n) is 1.82. The van der Waals surface area contributed by atoms with Gasteiger partial charge < -0.3 is 5.11 Å². The van der Waals surface area contributed by atoms with Crippen molar-refractivity contribution in [3.05, 3.63) is 47.3 Å². The smallest absolute Gasteiger partial charge is 0.314 e. The lowest BCUT2D eigenvalue weighted by Crippen LogP contribution is -2.10. The Morgan fingerprint density at radius 1 is 1.64 bits per heavy atom. The molecule has 0 aliphatic rings. The maximum absolute atomic E-state index is 13.4. The Morgan fingerprint density at radius 2 is 2.29 bits per heavy atom. The van der Waals surface area contributed by atoms with E-state index in [9.17, 15) is 9.18 Å². The summed E-state index contributed by atoms with van der Waals surface area (Å²) in [6.07, 6.45) is 1.16. The summed E-state index contributed by atoms with van der Waals surface area (Å²) in [6.45, 7) is 3.34. The van der Waals surface area contributed by atoms with Crippen molar-refractivity contribution in [1.29, 1.82) is 0 Å². The summed E-state index contributed by atoms with van der Waals surface area (Å²) in [4.78, 5) is 10.7. The van der Waals surface area contributed by atoms with Gasteiger partial charge in [-0.3, -0.25) is 4.79 Å². The van der Waals surface area contributed by atoms with Crippen LogP contribution < -0.4 is 0 Å². The molecule has 0 aromatic heterocycles. The summed E-state index contributed by atoms with van der Waals surface area (Å²) < 4.78 is 13.4. The van der Waals surface area contributed by atoms with Crippen LogP contribution in [0.4, 0.5) is 4.39 Å². The average molecular weight is 215 g/mol. The normalized spacial score (nSPS) is 12.1. The van der Waals surface area contributed by atoms with Crippen molar-refractivity contribution >= 4 is 17.6 Å². The Balaban J connectivity index is 3.23. The monoisotopic (exact) mass is 214 g/mol. The lowest BCUT2D eigenvalue weighted by Gasteiger charge is -2.09. The lowest BCUT2D eigenvalue weighted by molar-refractivity contribution is -0.137. The van der Waals surface area contributed by atoms with Crippen LogP contribution in [0.25, 0.3) is 0 Å². The molecule has 0 spiro atoms. The van der Waals surface area contributed by atoms with Crippen LogP contribution in [0.3, 0.4) is 0 Å². The summed E-state index contributed by atoms with van der Waals surface area (Å²) >= 11 is 5.52. The fraction of sp³-hybridized carbons (Fsp3) is 0.100. The first-order valence-corrected chi connectivity index (χ1v) is 4.25. The van der Waals surface area contributed by atoms with Crippen LogP contribution in [0.1, 0.15) is 11.5 Å². The van der Waals surface area contributed by atoms with E-state index in [0.717, 1.165) is 6.08 Å². The van der Waals surface area contributed by atoms with Crippen molar-refractivity contribution in [2.24, 2.45) is 0 Å². The first kappa shape index (κ1) is 10.7. The van der Waals surface area contributed by atoms with Crippen molar-refractivity contribution < 1.29 is 14.3 Å². The van der Waals surface area contributed by atoms with Gasteiger partial charge in [0.15, 0.2) is 0 Å². The number of aliphatic carboxylic acids is 1. The Hall–Kier alpha value is -1.35. The van der Waals surface area contributed by atoms with E-state index >= 15 is 0 Å². The molecule has 1 aromatic rings. The van der Waals surface area contributed by atoms with Gasteiger partial charge in [-0.25, -0.2) is 4.39 Å². The molecule has 0 bridgehead atoms. The number of carbonyl (C=O) groups is 1. The Labute approximate surface area is 85.6 Å². The van der Waals surface area contributed by atoms with Gasteiger partial charge in [-0.1, -0.05) is 29.8 Å². The van der Waals surface area contributed by atoms with E-state index in [1.165, 1.54) is 18.2 Å². The summed E-state index contributed by atoms with van der Waals surface area (Å²) in [5.41, 5.74) is 0.0278. The quantitative estimate of drug-likeness (QED) is 0.786. The number of benzene rings is 1. The van der Waals surface area contributed by atoms with E-state index in [-0.39, 0.29) is 10.6 Å². The molecule has 0 amide bonds. The zero-order valence-corrected chi connectivity index (χ0v) is 7.96. The van der Waals surface area contributed by atoms with E-state index < -0.39 is 17.7 Å². The maximum Gasteiger partial charge on any atom is 0.314 e. The molecular formula is C10H8ClFO2. The highest BCUT2D eigenvalue weighted by Crippen LogP contribution is 2.25. The molecule has 0 aliphatic carbocycles. The molecule has 0 heterocycles. The van der Waals surface area contributed by atoms with Gasteiger partial charge in [-0.15, -0.1) is 6.58 Å². The zero-order chi connectivity index (χ0) is 10.7. The molecule has 14 heavy (non-hydrogen) atoms. The Bertz CT molecular complexity index is 376. The highest BCUT2D eigenvalue weighted by atomic mass is 35.5. The molecular weight excluding hydrogens is 207 g/mol. The first-order chi connectivity index (χ1) is 6.57. The van der Waals surface area contributed by atoms with Crippen molar-refractivity contribution in [3.63, 3.8) is 0 Å². The maximum atomic E-state index is 13.4. The topological polar surface area (TPSA) is 37.3 Å². The number of carboxylic acid groups (broad SMARTS) is 1. The van der Waals surface area contributed by atoms with Gasteiger partial charge in [0.2, 0.25) is 0 Å². The third-order valence-corrected chi connectivity index (χ3v) is 2.11. The minimum Gasteiger partial charge on any atom is -0.481 e. The predicted molar refractivity (Wildman–Crippen MR) is 52.0 cm³/mol. The lowest BCUT2D eigenvalue weighted by atomic mass is 9.99. The molecule has 0 radical (unpaired) electrons. The summed E-state index contributed by atoms with van der Waals surface area (Å²) in [7, 11) is 0. The van der Waals surface area contributed by atoms with Crippen molar-refractivity contribution in [2.45, 2.75) is 5.92 Å². The molecule has 0 aliphatic heterocycles. The Kier molecular flexibility index (Phi) is 3.25. The fourth-order valence-electron chi connectivity index (χ4n) is 1.12. The second-order valence-electron chi connectivity index (χ2n) is 2.69.